The Morgan fingerprint density at radius 3 is 2.24 bits per heavy atom. The molecule has 3 aromatic rings. The van der Waals surface area contributed by atoms with E-state index in [0.717, 1.165) is 12.1 Å². The number of carbonyl (C=O) groups is 3. The number of amides is 1. The molecule has 0 aliphatic heterocycles. The maximum Gasteiger partial charge on any atom is 0.395 e. The van der Waals surface area contributed by atoms with E-state index in [-0.39, 0.29) is 26.3 Å². The van der Waals surface area contributed by atoms with Crippen LogP contribution in [0.2, 0.25) is 5.02 Å². The molecule has 0 bridgehead atoms. The summed E-state index contributed by atoms with van der Waals surface area (Å²) >= 11 is 21.9. The standard InChI is InChI=1S/C28H17BrCl3F6NO3/c29-18-7-12(1-6-21(18)34)23-24(28(23,31)32)26(42)39-14-3-4-19(30)16(9-14)22(41)8-13-2-5-20(33)17(25(13)35)10-15(40)11-27(36,37)38/h1-7,9,23-24H,8,10-11H2,(H,39,42)/t23-,24+/m0/s1. The van der Waals surface area contributed by atoms with Gasteiger partial charge in [-0.15, -0.1) is 23.2 Å². The van der Waals surface area contributed by atoms with Gasteiger partial charge in [-0.2, -0.15) is 13.2 Å². The molecule has 2 atom stereocenters. The summed E-state index contributed by atoms with van der Waals surface area (Å²) in [6, 6.07) is 9.67. The maximum atomic E-state index is 15.0. The molecule has 0 radical (unpaired) electrons. The number of hydrogen-bond donors (Lipinski definition) is 1. The molecule has 0 heterocycles. The van der Waals surface area contributed by atoms with E-state index in [1.54, 1.807) is 0 Å². The molecule has 14 heteroatoms. The monoisotopic (exact) mass is 713 g/mol. The van der Waals surface area contributed by atoms with Crippen LogP contribution in [0.25, 0.3) is 0 Å². The molecule has 0 saturated heterocycles. The van der Waals surface area contributed by atoms with Crippen molar-refractivity contribution >= 4 is 73.9 Å². The first kappa shape index (κ1) is 32.3. The van der Waals surface area contributed by atoms with E-state index in [4.69, 9.17) is 34.8 Å². The second-order valence-electron chi connectivity index (χ2n) is 9.59. The van der Waals surface area contributed by atoms with Gasteiger partial charge in [-0.3, -0.25) is 14.4 Å². The average Bonchev–Trinajstić information content (AvgIpc) is 3.47. The number of anilines is 1. The lowest BCUT2D eigenvalue weighted by molar-refractivity contribution is -0.151. The van der Waals surface area contributed by atoms with Crippen molar-refractivity contribution in [3.63, 3.8) is 0 Å². The third-order valence-electron chi connectivity index (χ3n) is 6.56. The lowest BCUT2D eigenvalue weighted by Gasteiger charge is -2.12. The van der Waals surface area contributed by atoms with Gasteiger partial charge in [-0.25, -0.2) is 13.2 Å². The van der Waals surface area contributed by atoms with Crippen LogP contribution in [0.3, 0.4) is 0 Å². The van der Waals surface area contributed by atoms with Crippen LogP contribution in [0.5, 0.6) is 0 Å². The smallest absolute Gasteiger partial charge is 0.326 e. The molecule has 4 rings (SSSR count). The van der Waals surface area contributed by atoms with Gasteiger partial charge < -0.3 is 5.32 Å². The van der Waals surface area contributed by atoms with Crippen LogP contribution in [-0.2, 0) is 22.4 Å². The molecule has 1 fully saturated rings. The van der Waals surface area contributed by atoms with Crippen molar-refractivity contribution in [1.29, 1.82) is 0 Å². The number of carbonyl (C=O) groups excluding carboxylic acids is 3. The van der Waals surface area contributed by atoms with Crippen molar-refractivity contribution in [2.24, 2.45) is 5.92 Å². The summed E-state index contributed by atoms with van der Waals surface area (Å²) in [4.78, 5) is 37.7. The number of Topliss-reactive ketones (excluding diaryl/α,β-unsaturated/α-hetero) is 2. The number of hydrogen-bond acceptors (Lipinski definition) is 3. The third-order valence-corrected chi connectivity index (χ3v) is 8.44. The van der Waals surface area contributed by atoms with Gasteiger partial charge in [0.05, 0.1) is 15.4 Å². The summed E-state index contributed by atoms with van der Waals surface area (Å²) in [6.07, 6.45) is -8.54. The minimum absolute atomic E-state index is 0.0643. The molecule has 0 unspecified atom stereocenters. The van der Waals surface area contributed by atoms with Crippen LogP contribution < -0.4 is 5.32 Å². The fourth-order valence-electron chi connectivity index (χ4n) is 4.51. The zero-order valence-corrected chi connectivity index (χ0v) is 24.8. The highest BCUT2D eigenvalue weighted by Crippen LogP contribution is 2.65. The highest BCUT2D eigenvalue weighted by atomic mass is 79.9. The fraction of sp³-hybridized carbons (Fsp3) is 0.250. The van der Waals surface area contributed by atoms with Crippen molar-refractivity contribution in [3.8, 4) is 0 Å². The quantitative estimate of drug-likeness (QED) is 0.137. The molecular formula is C28H17BrCl3F6NO3. The Morgan fingerprint density at radius 2 is 1.60 bits per heavy atom. The van der Waals surface area contributed by atoms with Gasteiger partial charge in [0.2, 0.25) is 5.91 Å². The van der Waals surface area contributed by atoms with E-state index >= 15 is 0 Å². The highest BCUT2D eigenvalue weighted by molar-refractivity contribution is 9.10. The number of nitrogens with one attached hydrogen (secondary N) is 1. The van der Waals surface area contributed by atoms with Crippen molar-refractivity contribution < 1.29 is 40.7 Å². The number of rotatable bonds is 9. The van der Waals surface area contributed by atoms with E-state index in [9.17, 15) is 40.7 Å². The van der Waals surface area contributed by atoms with Gasteiger partial charge in [-0.1, -0.05) is 23.7 Å². The lowest BCUT2D eigenvalue weighted by Crippen LogP contribution is -2.18. The molecule has 4 nitrogen and oxygen atoms in total. The van der Waals surface area contributed by atoms with Crippen molar-refractivity contribution in [2.45, 2.75) is 35.7 Å². The normalized spacial score (nSPS) is 17.6. The summed E-state index contributed by atoms with van der Waals surface area (Å²) in [5.41, 5.74) is -0.783. The largest absolute Gasteiger partial charge is 0.395 e. The van der Waals surface area contributed by atoms with Gasteiger partial charge >= 0.3 is 6.18 Å². The van der Waals surface area contributed by atoms with E-state index in [1.807, 2.05) is 0 Å². The van der Waals surface area contributed by atoms with Gasteiger partial charge in [0.15, 0.2) is 5.78 Å². The lowest BCUT2D eigenvalue weighted by atomic mass is 9.97. The zero-order valence-electron chi connectivity index (χ0n) is 20.9. The summed E-state index contributed by atoms with van der Waals surface area (Å²) in [6.45, 7) is 0. The Labute approximate surface area is 258 Å². The number of benzene rings is 3. The Bertz CT molecular complexity index is 1600. The molecule has 1 saturated carbocycles. The predicted octanol–water partition coefficient (Wildman–Crippen LogP) is 8.54. The average molecular weight is 716 g/mol. The summed E-state index contributed by atoms with van der Waals surface area (Å²) in [5, 5.41) is 2.52. The molecule has 1 aliphatic rings. The van der Waals surface area contributed by atoms with Gasteiger partial charge in [0.1, 0.15) is 34.0 Å². The molecule has 0 aromatic heterocycles. The van der Waals surface area contributed by atoms with Crippen LogP contribution in [0.4, 0.5) is 32.0 Å². The van der Waals surface area contributed by atoms with Crippen molar-refractivity contribution in [3.05, 3.63) is 97.7 Å². The van der Waals surface area contributed by atoms with Crippen LogP contribution in [0.15, 0.2) is 53.0 Å². The van der Waals surface area contributed by atoms with Crippen LogP contribution in [-0.4, -0.2) is 28.0 Å². The molecular weight excluding hydrogens is 699 g/mol. The number of halogens is 10. The van der Waals surface area contributed by atoms with Gasteiger partial charge in [-0.05, 0) is 63.5 Å². The summed E-state index contributed by atoms with van der Waals surface area (Å²) in [7, 11) is 0. The van der Waals surface area contributed by atoms with Crippen LogP contribution >= 0.6 is 50.7 Å². The second-order valence-corrected chi connectivity index (χ2v) is 12.3. The molecule has 222 valence electrons. The maximum absolute atomic E-state index is 15.0. The third kappa shape index (κ3) is 7.12. The molecule has 1 amide bonds. The van der Waals surface area contributed by atoms with E-state index in [1.165, 1.54) is 36.4 Å². The SMILES string of the molecule is O=C(Cc1c(F)ccc(CC(=O)c2cc(NC(=O)[C@H]3[C@H](c4ccc(F)c(Br)c4)C3(Cl)Cl)ccc2Cl)c1F)CC(F)(F)F. The minimum atomic E-state index is -4.84. The van der Waals surface area contributed by atoms with Gasteiger partial charge in [0.25, 0.3) is 0 Å². The Balaban J connectivity index is 1.50. The Kier molecular flexibility index (Phi) is 9.37. The van der Waals surface area contributed by atoms with E-state index in [2.05, 4.69) is 21.2 Å². The molecule has 1 aliphatic carbocycles. The molecule has 3 aromatic carbocycles. The van der Waals surface area contributed by atoms with E-state index < -0.39 is 82.1 Å². The first-order valence-electron chi connectivity index (χ1n) is 12.0. The second kappa shape index (κ2) is 12.2. The van der Waals surface area contributed by atoms with Crippen LogP contribution in [0, 0.1) is 23.4 Å². The first-order valence-corrected chi connectivity index (χ1v) is 13.9. The summed E-state index contributed by atoms with van der Waals surface area (Å²) in [5.74, 6) is -7.49. The molecule has 1 N–H and O–H groups in total. The Morgan fingerprint density at radius 1 is 0.929 bits per heavy atom. The molecule has 0 spiro atoms. The topological polar surface area (TPSA) is 63.2 Å². The van der Waals surface area contributed by atoms with Crippen molar-refractivity contribution in [1.82, 2.24) is 0 Å². The van der Waals surface area contributed by atoms with Gasteiger partial charge in [0, 0.05) is 35.6 Å². The number of ketones is 2. The first-order chi connectivity index (χ1) is 19.5. The fourth-order valence-corrected chi connectivity index (χ4v) is 5.95. The van der Waals surface area contributed by atoms with E-state index in [0.29, 0.717) is 5.56 Å². The zero-order chi connectivity index (χ0) is 31.1. The number of alkyl halides is 5. The van der Waals surface area contributed by atoms with Crippen LogP contribution in [0.1, 0.15) is 39.4 Å². The summed E-state index contributed by atoms with van der Waals surface area (Å²) < 4.78 is 78.9. The predicted molar refractivity (Wildman–Crippen MR) is 149 cm³/mol. The molecule has 42 heavy (non-hydrogen) atoms. The highest BCUT2D eigenvalue weighted by Gasteiger charge is 2.67. The Hall–Kier alpha value is -2.60. The minimum Gasteiger partial charge on any atom is -0.326 e. The van der Waals surface area contributed by atoms with Crippen molar-refractivity contribution in [2.75, 3.05) is 5.32 Å².